The summed E-state index contributed by atoms with van der Waals surface area (Å²) in [5, 5.41) is 19.5. The summed E-state index contributed by atoms with van der Waals surface area (Å²) in [4.78, 5) is 52.9. The first-order valence-electron chi connectivity index (χ1n) is 12.6. The number of aliphatic carboxylic acids is 1. The third kappa shape index (κ3) is 5.66. The van der Waals surface area contributed by atoms with E-state index in [0.717, 1.165) is 11.3 Å². The molecule has 40 heavy (non-hydrogen) atoms. The SMILES string of the molecule is CCOC(=O)c1sc2c(c1C)c(=O)n(C(C)(C)C(=O)O)c(=O)n2C[C@H](OCC(C)(C)C#N)c1ccccc1OC. The molecule has 0 bridgehead atoms. The molecule has 1 atom stereocenters. The van der Waals surface area contributed by atoms with Gasteiger partial charge in [-0.15, -0.1) is 11.3 Å². The van der Waals surface area contributed by atoms with E-state index in [9.17, 15) is 29.5 Å². The number of carbonyl (C=O) groups is 2. The zero-order chi connectivity index (χ0) is 30.0. The van der Waals surface area contributed by atoms with E-state index in [-0.39, 0.29) is 40.4 Å². The summed E-state index contributed by atoms with van der Waals surface area (Å²) in [5.41, 5.74) is -3.62. The Morgan fingerprint density at radius 1 is 1.18 bits per heavy atom. The number of carboxylic acids is 1. The second kappa shape index (κ2) is 11.7. The number of para-hydroxylation sites is 1. The fraction of sp³-hybridized carbons (Fsp3) is 0.464. The molecule has 0 amide bonds. The number of benzene rings is 1. The Kier molecular flexibility index (Phi) is 8.91. The van der Waals surface area contributed by atoms with Gasteiger partial charge in [-0.1, -0.05) is 18.2 Å². The minimum absolute atomic E-state index is 0.00190. The number of esters is 1. The molecule has 11 nitrogen and oxygen atoms in total. The smallest absolute Gasteiger partial charge is 0.348 e. The molecular weight excluding hydrogens is 538 g/mol. The molecule has 1 N–H and O–H groups in total. The zero-order valence-electron chi connectivity index (χ0n) is 23.6. The van der Waals surface area contributed by atoms with Gasteiger partial charge in [-0.25, -0.2) is 19.0 Å². The number of thiophene rings is 1. The molecule has 1 aromatic carbocycles. The lowest BCUT2D eigenvalue weighted by atomic mass is 9.97. The van der Waals surface area contributed by atoms with Crippen molar-refractivity contribution in [2.75, 3.05) is 20.3 Å². The van der Waals surface area contributed by atoms with Crippen LogP contribution in [0, 0.1) is 23.7 Å². The molecule has 0 radical (unpaired) electrons. The minimum atomic E-state index is -1.91. The molecule has 0 saturated heterocycles. The summed E-state index contributed by atoms with van der Waals surface area (Å²) in [7, 11) is 1.49. The highest BCUT2D eigenvalue weighted by molar-refractivity contribution is 7.20. The van der Waals surface area contributed by atoms with Gasteiger partial charge in [0.15, 0.2) is 0 Å². The molecule has 0 aliphatic rings. The van der Waals surface area contributed by atoms with Crippen LogP contribution in [-0.4, -0.2) is 46.5 Å². The Labute approximate surface area is 235 Å². The standard InChI is InChI=1S/C28H33N3O8S/c1-8-38-24(33)21-16(2)20-22(32)31(28(5,6)25(34)35)26(36)30(23(20)40-21)13-19(39-15-27(3,4)14-29)17-11-9-10-12-18(17)37-7/h9-12,19H,8,13,15H2,1-7H3,(H,34,35)/t19-/m0/s1. The van der Waals surface area contributed by atoms with Crippen molar-refractivity contribution in [1.29, 1.82) is 5.26 Å². The van der Waals surface area contributed by atoms with Gasteiger partial charge in [0.05, 0.1) is 43.7 Å². The van der Waals surface area contributed by atoms with E-state index in [4.69, 9.17) is 14.2 Å². The van der Waals surface area contributed by atoms with Crippen molar-refractivity contribution in [2.45, 2.75) is 59.7 Å². The van der Waals surface area contributed by atoms with Gasteiger partial charge >= 0.3 is 17.6 Å². The zero-order valence-corrected chi connectivity index (χ0v) is 24.4. The van der Waals surface area contributed by atoms with Crippen LogP contribution in [0.1, 0.15) is 61.5 Å². The highest BCUT2D eigenvalue weighted by Crippen LogP contribution is 2.34. The van der Waals surface area contributed by atoms with Crippen LogP contribution in [0.4, 0.5) is 0 Å². The molecule has 0 saturated carbocycles. The van der Waals surface area contributed by atoms with Crippen molar-refractivity contribution < 1.29 is 28.9 Å². The Morgan fingerprint density at radius 3 is 2.40 bits per heavy atom. The Morgan fingerprint density at radius 2 is 1.82 bits per heavy atom. The van der Waals surface area contributed by atoms with Crippen molar-refractivity contribution in [3.05, 3.63) is 61.1 Å². The summed E-state index contributed by atoms with van der Waals surface area (Å²) < 4.78 is 18.8. The second-order valence-electron chi connectivity index (χ2n) is 10.4. The third-order valence-corrected chi connectivity index (χ3v) is 7.83. The van der Waals surface area contributed by atoms with E-state index in [1.54, 1.807) is 52.0 Å². The van der Waals surface area contributed by atoms with Crippen molar-refractivity contribution in [1.82, 2.24) is 9.13 Å². The average molecular weight is 572 g/mol. The Hall–Kier alpha value is -3.95. The molecule has 2 aromatic heterocycles. The lowest BCUT2D eigenvalue weighted by Gasteiger charge is -2.27. The van der Waals surface area contributed by atoms with Gasteiger partial charge in [0.1, 0.15) is 27.1 Å². The number of carbonyl (C=O) groups excluding carboxylic acids is 1. The second-order valence-corrected chi connectivity index (χ2v) is 11.4. The Bertz CT molecular complexity index is 1610. The van der Waals surface area contributed by atoms with Crippen LogP contribution in [0.15, 0.2) is 33.9 Å². The summed E-state index contributed by atoms with van der Waals surface area (Å²) in [6.07, 6.45) is -0.850. The number of nitrogens with zero attached hydrogens (tertiary/aromatic N) is 3. The van der Waals surface area contributed by atoms with E-state index in [2.05, 4.69) is 6.07 Å². The minimum Gasteiger partial charge on any atom is -0.496 e. The number of methoxy groups -OCH3 is 1. The fourth-order valence-electron chi connectivity index (χ4n) is 4.17. The molecule has 0 fully saturated rings. The Balaban J connectivity index is 2.38. The first-order valence-corrected chi connectivity index (χ1v) is 13.4. The summed E-state index contributed by atoms with van der Waals surface area (Å²) in [6, 6.07) is 9.20. The number of carboxylic acid groups (broad SMARTS) is 1. The van der Waals surface area contributed by atoms with Crippen molar-refractivity contribution in [3.63, 3.8) is 0 Å². The maximum atomic E-state index is 14.0. The van der Waals surface area contributed by atoms with Gasteiger partial charge in [0.25, 0.3) is 5.56 Å². The molecule has 0 aliphatic heterocycles. The predicted octanol–water partition coefficient (Wildman–Crippen LogP) is 3.85. The highest BCUT2D eigenvalue weighted by Gasteiger charge is 2.36. The fourth-order valence-corrected chi connectivity index (χ4v) is 5.36. The number of aromatic nitrogens is 2. The maximum absolute atomic E-state index is 14.0. The number of rotatable bonds is 11. The maximum Gasteiger partial charge on any atom is 0.348 e. The van der Waals surface area contributed by atoms with Gasteiger partial charge in [0.2, 0.25) is 0 Å². The van der Waals surface area contributed by atoms with E-state index < -0.39 is 40.2 Å². The highest BCUT2D eigenvalue weighted by atomic mass is 32.1. The molecule has 12 heteroatoms. The van der Waals surface area contributed by atoms with Crippen LogP contribution >= 0.6 is 11.3 Å². The van der Waals surface area contributed by atoms with E-state index in [1.165, 1.54) is 25.5 Å². The predicted molar refractivity (Wildman–Crippen MR) is 149 cm³/mol. The molecule has 3 rings (SSSR count). The lowest BCUT2D eigenvalue weighted by Crippen LogP contribution is -2.52. The number of fused-ring (bicyclic) bond motifs is 1. The van der Waals surface area contributed by atoms with Gasteiger partial charge in [-0.05, 0) is 53.2 Å². The van der Waals surface area contributed by atoms with E-state index in [0.29, 0.717) is 15.9 Å². The molecule has 2 heterocycles. The normalized spacial score (nSPS) is 12.7. The molecule has 0 aliphatic carbocycles. The van der Waals surface area contributed by atoms with Gasteiger partial charge in [0, 0.05) is 5.56 Å². The van der Waals surface area contributed by atoms with Crippen LogP contribution in [0.5, 0.6) is 5.75 Å². The lowest BCUT2D eigenvalue weighted by molar-refractivity contribution is -0.146. The molecule has 0 spiro atoms. The van der Waals surface area contributed by atoms with Crippen LogP contribution < -0.4 is 16.0 Å². The monoisotopic (exact) mass is 571 g/mol. The molecule has 0 unspecified atom stereocenters. The molecular formula is C28H33N3O8S. The van der Waals surface area contributed by atoms with Crippen LogP contribution in [0.25, 0.3) is 10.2 Å². The first-order chi connectivity index (χ1) is 18.7. The molecule has 3 aromatic rings. The first kappa shape index (κ1) is 30.6. The topological polar surface area (TPSA) is 150 Å². The number of hydrogen-bond donors (Lipinski definition) is 1. The van der Waals surface area contributed by atoms with Crippen LogP contribution in [-0.2, 0) is 26.4 Å². The molecule has 214 valence electrons. The van der Waals surface area contributed by atoms with E-state index in [1.807, 2.05) is 0 Å². The number of hydrogen-bond acceptors (Lipinski definition) is 9. The van der Waals surface area contributed by atoms with Crippen molar-refractivity contribution in [2.24, 2.45) is 5.41 Å². The van der Waals surface area contributed by atoms with Crippen LogP contribution in [0.2, 0.25) is 0 Å². The average Bonchev–Trinajstić information content (AvgIpc) is 3.25. The number of aryl methyl sites for hydroxylation is 1. The third-order valence-electron chi connectivity index (χ3n) is 6.54. The largest absolute Gasteiger partial charge is 0.496 e. The van der Waals surface area contributed by atoms with E-state index >= 15 is 0 Å². The summed E-state index contributed by atoms with van der Waals surface area (Å²) in [5.74, 6) is -1.57. The van der Waals surface area contributed by atoms with Gasteiger partial charge < -0.3 is 19.3 Å². The number of nitriles is 1. The quantitative estimate of drug-likeness (QED) is 0.339. The van der Waals surface area contributed by atoms with Crippen molar-refractivity contribution >= 4 is 33.5 Å². The summed E-state index contributed by atoms with van der Waals surface area (Å²) >= 11 is 0.918. The summed E-state index contributed by atoms with van der Waals surface area (Å²) in [6.45, 7) is 9.07. The van der Waals surface area contributed by atoms with Crippen LogP contribution in [0.3, 0.4) is 0 Å². The van der Waals surface area contributed by atoms with Gasteiger partial charge in [-0.3, -0.25) is 9.36 Å². The van der Waals surface area contributed by atoms with Crippen molar-refractivity contribution in [3.8, 4) is 11.8 Å². The number of ether oxygens (including phenoxy) is 3. The van der Waals surface area contributed by atoms with Gasteiger partial charge in [-0.2, -0.15) is 5.26 Å².